The molecule has 0 fully saturated rings. The number of hydrogen-bond donors (Lipinski definition) is 2. The minimum absolute atomic E-state index is 0.194. The minimum atomic E-state index is -0.194. The highest BCUT2D eigenvalue weighted by Crippen LogP contribution is 2.17. The van der Waals surface area contributed by atoms with Crippen LogP contribution in [0.5, 0.6) is 0 Å². The molecule has 0 radical (unpaired) electrons. The van der Waals surface area contributed by atoms with Gasteiger partial charge in [-0.1, -0.05) is 29.8 Å². The summed E-state index contributed by atoms with van der Waals surface area (Å²) in [6.45, 7) is 9.12. The van der Waals surface area contributed by atoms with Gasteiger partial charge >= 0.3 is 0 Å². The van der Waals surface area contributed by atoms with Crippen LogP contribution in [-0.2, 0) is 6.54 Å². The van der Waals surface area contributed by atoms with Gasteiger partial charge in [0.15, 0.2) is 0 Å². The first-order chi connectivity index (χ1) is 8.49. The second kappa shape index (κ2) is 7.87. The lowest BCUT2D eigenvalue weighted by Gasteiger charge is -2.16. The Morgan fingerprint density at radius 1 is 1.22 bits per heavy atom. The van der Waals surface area contributed by atoms with Crippen molar-refractivity contribution < 1.29 is 4.39 Å². The number of hydrogen-bond acceptors (Lipinski definition) is 2. The van der Waals surface area contributed by atoms with Crippen LogP contribution in [0.4, 0.5) is 4.39 Å². The van der Waals surface area contributed by atoms with E-state index in [9.17, 15) is 4.39 Å². The summed E-state index contributed by atoms with van der Waals surface area (Å²) < 4.78 is 14.0. The van der Waals surface area contributed by atoms with Gasteiger partial charge in [-0.15, -0.1) is 0 Å². The van der Waals surface area contributed by atoms with Crippen molar-refractivity contribution in [3.05, 3.63) is 34.1 Å². The monoisotopic (exact) mass is 316 g/mol. The summed E-state index contributed by atoms with van der Waals surface area (Å²) in [5.41, 5.74) is 0.950. The summed E-state index contributed by atoms with van der Waals surface area (Å²) in [5, 5.41) is 6.78. The fourth-order valence-electron chi connectivity index (χ4n) is 1.62. The van der Waals surface area contributed by atoms with E-state index < -0.39 is 0 Å². The van der Waals surface area contributed by atoms with Crippen molar-refractivity contribution >= 4 is 15.9 Å². The average Bonchev–Trinajstić information content (AvgIpc) is 2.30. The summed E-state index contributed by atoms with van der Waals surface area (Å²) in [7, 11) is 0. The van der Waals surface area contributed by atoms with Gasteiger partial charge in [0, 0.05) is 23.6 Å². The van der Waals surface area contributed by atoms with Gasteiger partial charge in [0.1, 0.15) is 5.82 Å². The molecular weight excluding hydrogens is 295 g/mol. The van der Waals surface area contributed by atoms with Crippen LogP contribution in [0.25, 0.3) is 0 Å². The highest BCUT2D eigenvalue weighted by Gasteiger charge is 2.05. The molecule has 1 atom stereocenters. The molecule has 1 unspecified atom stereocenters. The van der Waals surface area contributed by atoms with Crippen molar-refractivity contribution in [2.24, 2.45) is 5.92 Å². The number of nitrogens with one attached hydrogen (secondary N) is 2. The molecule has 0 amide bonds. The third kappa shape index (κ3) is 5.94. The molecule has 0 spiro atoms. The molecule has 1 aromatic carbocycles. The van der Waals surface area contributed by atoms with Crippen LogP contribution < -0.4 is 10.6 Å². The normalized spacial score (nSPS) is 13.0. The van der Waals surface area contributed by atoms with E-state index >= 15 is 0 Å². The van der Waals surface area contributed by atoms with Gasteiger partial charge in [0.2, 0.25) is 0 Å². The maximum Gasteiger partial charge on any atom is 0.123 e. The zero-order valence-electron chi connectivity index (χ0n) is 11.3. The Morgan fingerprint density at radius 2 is 1.94 bits per heavy atom. The number of benzene rings is 1. The molecular formula is C14H22BrFN2. The summed E-state index contributed by atoms with van der Waals surface area (Å²) in [5.74, 6) is 0.468. The van der Waals surface area contributed by atoms with E-state index in [-0.39, 0.29) is 5.82 Å². The van der Waals surface area contributed by atoms with E-state index in [4.69, 9.17) is 0 Å². The third-order valence-electron chi connectivity index (χ3n) is 2.65. The summed E-state index contributed by atoms with van der Waals surface area (Å²) in [6, 6.07) is 5.12. The van der Waals surface area contributed by atoms with Gasteiger partial charge in [-0.25, -0.2) is 4.39 Å². The standard InChI is InChI=1S/C14H22BrFN2/c1-10(2)7-17-8-11(3)18-9-12-6-13(16)4-5-14(12)15/h4-6,10-11,17-18H,7-9H2,1-3H3. The molecule has 0 saturated carbocycles. The van der Waals surface area contributed by atoms with Gasteiger partial charge in [-0.3, -0.25) is 0 Å². The quantitative estimate of drug-likeness (QED) is 0.806. The Kier molecular flexibility index (Phi) is 6.82. The van der Waals surface area contributed by atoms with E-state index in [0.717, 1.165) is 23.1 Å². The zero-order valence-corrected chi connectivity index (χ0v) is 12.8. The van der Waals surface area contributed by atoms with Crippen LogP contribution in [0, 0.1) is 11.7 Å². The smallest absolute Gasteiger partial charge is 0.123 e. The molecule has 0 aliphatic carbocycles. The van der Waals surface area contributed by atoms with E-state index in [2.05, 4.69) is 47.3 Å². The van der Waals surface area contributed by atoms with Crippen LogP contribution in [0.2, 0.25) is 0 Å². The summed E-state index contributed by atoms with van der Waals surface area (Å²) in [6.07, 6.45) is 0. The topological polar surface area (TPSA) is 24.1 Å². The van der Waals surface area contributed by atoms with Crippen molar-refractivity contribution in [1.82, 2.24) is 10.6 Å². The van der Waals surface area contributed by atoms with Crippen molar-refractivity contribution in [2.45, 2.75) is 33.4 Å². The average molecular weight is 317 g/mol. The van der Waals surface area contributed by atoms with Crippen molar-refractivity contribution in [3.63, 3.8) is 0 Å². The third-order valence-corrected chi connectivity index (χ3v) is 3.43. The Balaban J connectivity index is 2.33. The maximum absolute atomic E-state index is 13.1. The molecule has 0 saturated heterocycles. The fraction of sp³-hybridized carbons (Fsp3) is 0.571. The largest absolute Gasteiger partial charge is 0.315 e. The molecule has 0 aliphatic rings. The van der Waals surface area contributed by atoms with Crippen molar-refractivity contribution in [1.29, 1.82) is 0 Å². The summed E-state index contributed by atoms with van der Waals surface area (Å²) >= 11 is 3.43. The van der Waals surface area contributed by atoms with Crippen molar-refractivity contribution in [3.8, 4) is 0 Å². The second-order valence-electron chi connectivity index (χ2n) is 5.07. The van der Waals surface area contributed by atoms with Crippen LogP contribution in [-0.4, -0.2) is 19.1 Å². The second-order valence-corrected chi connectivity index (χ2v) is 5.92. The molecule has 0 aromatic heterocycles. The first-order valence-corrected chi connectivity index (χ1v) is 7.16. The highest BCUT2D eigenvalue weighted by molar-refractivity contribution is 9.10. The molecule has 2 nitrogen and oxygen atoms in total. The lowest BCUT2D eigenvalue weighted by Crippen LogP contribution is -2.37. The van der Waals surface area contributed by atoms with Gasteiger partial charge in [-0.2, -0.15) is 0 Å². The number of rotatable bonds is 7. The van der Waals surface area contributed by atoms with Gasteiger partial charge < -0.3 is 10.6 Å². The lowest BCUT2D eigenvalue weighted by molar-refractivity contribution is 0.471. The van der Waals surface area contributed by atoms with Gasteiger partial charge in [-0.05, 0) is 43.1 Å². The summed E-state index contributed by atoms with van der Waals surface area (Å²) in [4.78, 5) is 0. The molecule has 0 bridgehead atoms. The highest BCUT2D eigenvalue weighted by atomic mass is 79.9. The number of halogens is 2. The molecule has 2 N–H and O–H groups in total. The van der Waals surface area contributed by atoms with Gasteiger partial charge in [0.25, 0.3) is 0 Å². The van der Waals surface area contributed by atoms with Crippen LogP contribution in [0.3, 0.4) is 0 Å². The van der Waals surface area contributed by atoms with Crippen LogP contribution >= 0.6 is 15.9 Å². The molecule has 1 rings (SSSR count). The SMILES string of the molecule is CC(C)CNCC(C)NCc1cc(F)ccc1Br. The van der Waals surface area contributed by atoms with Crippen LogP contribution in [0.15, 0.2) is 22.7 Å². The first-order valence-electron chi connectivity index (χ1n) is 6.37. The molecule has 4 heteroatoms. The fourth-order valence-corrected chi connectivity index (χ4v) is 2.01. The van der Waals surface area contributed by atoms with E-state index in [1.165, 1.54) is 6.07 Å². The van der Waals surface area contributed by atoms with Gasteiger partial charge in [0.05, 0.1) is 0 Å². The first kappa shape index (κ1) is 15.6. The molecule has 18 heavy (non-hydrogen) atoms. The Morgan fingerprint density at radius 3 is 2.61 bits per heavy atom. The predicted molar refractivity (Wildman–Crippen MR) is 78.1 cm³/mol. The minimum Gasteiger partial charge on any atom is -0.315 e. The molecule has 1 aromatic rings. The van der Waals surface area contributed by atoms with E-state index in [0.29, 0.717) is 18.5 Å². The lowest BCUT2D eigenvalue weighted by atomic mass is 10.2. The molecule has 102 valence electrons. The van der Waals surface area contributed by atoms with E-state index in [1.54, 1.807) is 12.1 Å². The van der Waals surface area contributed by atoms with Crippen LogP contribution in [0.1, 0.15) is 26.3 Å². The predicted octanol–water partition coefficient (Wildman–Crippen LogP) is 3.31. The Labute approximate surface area is 117 Å². The van der Waals surface area contributed by atoms with E-state index in [1.807, 2.05) is 0 Å². The Hall–Kier alpha value is -0.450. The molecule has 0 heterocycles. The zero-order chi connectivity index (χ0) is 13.5. The van der Waals surface area contributed by atoms with Crippen molar-refractivity contribution in [2.75, 3.05) is 13.1 Å². The molecule has 0 aliphatic heterocycles. The maximum atomic E-state index is 13.1. The Bertz CT molecular complexity index is 369.